The Morgan fingerprint density at radius 2 is 2.62 bits per heavy atom. The highest BCUT2D eigenvalue weighted by molar-refractivity contribution is 7.07. The Morgan fingerprint density at radius 3 is 3.25 bits per heavy atom. The monoisotopic (exact) mass is 240 g/mol. The average molecular weight is 240 g/mol. The number of aliphatic hydroxyl groups excluding tert-OH is 1. The molecule has 1 saturated carbocycles. The van der Waals surface area contributed by atoms with Gasteiger partial charge in [0.1, 0.15) is 5.69 Å². The summed E-state index contributed by atoms with van der Waals surface area (Å²) in [6, 6.07) is 0.0618. The quantitative estimate of drug-likeness (QED) is 0.840. The molecule has 0 bridgehead atoms. The molecule has 0 aliphatic heterocycles. The van der Waals surface area contributed by atoms with Crippen molar-refractivity contribution in [3.8, 4) is 0 Å². The van der Waals surface area contributed by atoms with Crippen molar-refractivity contribution < 1.29 is 9.90 Å². The average Bonchev–Trinajstić information content (AvgIpc) is 2.89. The molecule has 88 valence electrons. The number of amides is 1. The van der Waals surface area contributed by atoms with E-state index in [1.807, 2.05) is 6.92 Å². The number of nitrogens with one attached hydrogen (secondary N) is 1. The molecule has 2 atom stereocenters. The van der Waals surface area contributed by atoms with Crippen molar-refractivity contribution >= 4 is 17.2 Å². The van der Waals surface area contributed by atoms with Gasteiger partial charge in [-0.05, 0) is 12.8 Å². The zero-order valence-electron chi connectivity index (χ0n) is 9.27. The Bertz CT molecular complexity index is 366. The van der Waals surface area contributed by atoms with E-state index in [2.05, 4.69) is 10.3 Å². The standard InChI is InChI=1S/C11H16N2O2S/c1-11(6-14)4-2-3-9(11)13-10(15)8-5-16-7-12-8/h5,7,9,14H,2-4,6H2,1H3,(H,13,15). The number of carbonyl (C=O) groups excluding carboxylic acids is 1. The van der Waals surface area contributed by atoms with Crippen LogP contribution in [0, 0.1) is 5.41 Å². The molecule has 2 N–H and O–H groups in total. The van der Waals surface area contributed by atoms with Gasteiger partial charge in [-0.3, -0.25) is 4.79 Å². The minimum atomic E-state index is -0.175. The maximum absolute atomic E-state index is 11.8. The summed E-state index contributed by atoms with van der Waals surface area (Å²) in [6.45, 7) is 2.14. The fourth-order valence-corrected chi connectivity index (χ4v) is 2.76. The van der Waals surface area contributed by atoms with Crippen molar-refractivity contribution in [2.45, 2.75) is 32.2 Å². The Hall–Kier alpha value is -0.940. The zero-order valence-corrected chi connectivity index (χ0v) is 10.1. The van der Waals surface area contributed by atoms with E-state index in [1.165, 1.54) is 11.3 Å². The molecule has 0 radical (unpaired) electrons. The lowest BCUT2D eigenvalue weighted by Crippen LogP contribution is -2.44. The van der Waals surface area contributed by atoms with E-state index >= 15 is 0 Å². The minimum absolute atomic E-state index is 0.0618. The van der Waals surface area contributed by atoms with E-state index in [0.29, 0.717) is 5.69 Å². The lowest BCUT2D eigenvalue weighted by Gasteiger charge is -2.29. The van der Waals surface area contributed by atoms with Gasteiger partial charge in [0.05, 0.1) is 12.1 Å². The van der Waals surface area contributed by atoms with Crippen LogP contribution in [0.1, 0.15) is 36.7 Å². The molecule has 4 nitrogen and oxygen atoms in total. The third-order valence-electron chi connectivity index (χ3n) is 3.41. The van der Waals surface area contributed by atoms with Crippen LogP contribution in [-0.4, -0.2) is 28.6 Å². The van der Waals surface area contributed by atoms with Crippen molar-refractivity contribution in [2.24, 2.45) is 5.41 Å². The van der Waals surface area contributed by atoms with Crippen LogP contribution in [0.4, 0.5) is 0 Å². The van der Waals surface area contributed by atoms with Gasteiger partial charge in [0.2, 0.25) is 0 Å². The van der Waals surface area contributed by atoms with Crippen molar-refractivity contribution in [1.82, 2.24) is 10.3 Å². The molecule has 1 amide bonds. The summed E-state index contributed by atoms with van der Waals surface area (Å²) in [5, 5.41) is 14.1. The zero-order chi connectivity index (χ0) is 11.6. The number of carbonyl (C=O) groups is 1. The molecular formula is C11H16N2O2S. The van der Waals surface area contributed by atoms with Gasteiger partial charge < -0.3 is 10.4 Å². The van der Waals surface area contributed by atoms with Gasteiger partial charge in [-0.1, -0.05) is 13.3 Å². The highest BCUT2D eigenvalue weighted by atomic mass is 32.1. The second-order valence-electron chi connectivity index (χ2n) is 4.60. The van der Waals surface area contributed by atoms with Gasteiger partial charge in [0, 0.05) is 16.8 Å². The van der Waals surface area contributed by atoms with Crippen LogP contribution in [0.5, 0.6) is 0 Å². The van der Waals surface area contributed by atoms with E-state index in [4.69, 9.17) is 0 Å². The molecule has 1 aliphatic carbocycles. The van der Waals surface area contributed by atoms with Gasteiger partial charge in [-0.25, -0.2) is 4.98 Å². The first-order valence-electron chi connectivity index (χ1n) is 5.45. The van der Waals surface area contributed by atoms with Gasteiger partial charge in [-0.2, -0.15) is 0 Å². The van der Waals surface area contributed by atoms with Crippen LogP contribution in [0.15, 0.2) is 10.9 Å². The van der Waals surface area contributed by atoms with Crippen molar-refractivity contribution in [2.75, 3.05) is 6.61 Å². The molecule has 1 fully saturated rings. The first-order valence-corrected chi connectivity index (χ1v) is 6.40. The van der Waals surface area contributed by atoms with E-state index < -0.39 is 0 Å². The van der Waals surface area contributed by atoms with Crippen LogP contribution in [0.3, 0.4) is 0 Å². The summed E-state index contributed by atoms with van der Waals surface area (Å²) in [5.74, 6) is -0.132. The van der Waals surface area contributed by atoms with Crippen molar-refractivity contribution in [3.05, 3.63) is 16.6 Å². The fraction of sp³-hybridized carbons (Fsp3) is 0.636. The van der Waals surface area contributed by atoms with E-state index in [-0.39, 0.29) is 24.0 Å². The Morgan fingerprint density at radius 1 is 1.81 bits per heavy atom. The maximum atomic E-state index is 11.8. The first-order chi connectivity index (χ1) is 7.65. The van der Waals surface area contributed by atoms with E-state index in [0.717, 1.165) is 19.3 Å². The number of thiazole rings is 1. The predicted molar refractivity (Wildman–Crippen MR) is 62.4 cm³/mol. The summed E-state index contributed by atoms with van der Waals surface area (Å²) in [5.41, 5.74) is 1.94. The van der Waals surface area contributed by atoms with Crippen LogP contribution in [0.25, 0.3) is 0 Å². The van der Waals surface area contributed by atoms with E-state index in [1.54, 1.807) is 10.9 Å². The molecule has 1 heterocycles. The Balaban J connectivity index is 2.02. The van der Waals surface area contributed by atoms with Crippen molar-refractivity contribution in [3.63, 3.8) is 0 Å². The number of nitrogens with zero attached hydrogens (tertiary/aromatic N) is 1. The molecule has 1 aromatic rings. The largest absolute Gasteiger partial charge is 0.396 e. The van der Waals surface area contributed by atoms with Gasteiger partial charge in [0.15, 0.2) is 0 Å². The summed E-state index contributed by atoms with van der Waals surface area (Å²) < 4.78 is 0. The number of rotatable bonds is 3. The number of hydrogen-bond donors (Lipinski definition) is 2. The summed E-state index contributed by atoms with van der Waals surface area (Å²) in [6.07, 6.45) is 2.96. The third kappa shape index (κ3) is 2.10. The number of hydrogen-bond acceptors (Lipinski definition) is 4. The molecular weight excluding hydrogens is 224 g/mol. The predicted octanol–water partition coefficient (Wildman–Crippen LogP) is 1.42. The molecule has 1 aliphatic rings. The Labute approximate surface area is 98.7 Å². The van der Waals surface area contributed by atoms with Gasteiger partial charge in [0.25, 0.3) is 5.91 Å². The second-order valence-corrected chi connectivity index (χ2v) is 5.32. The molecule has 1 aromatic heterocycles. The third-order valence-corrected chi connectivity index (χ3v) is 4.00. The second kappa shape index (κ2) is 4.51. The lowest BCUT2D eigenvalue weighted by molar-refractivity contribution is 0.0826. The normalized spacial score (nSPS) is 29.2. The molecule has 5 heteroatoms. The summed E-state index contributed by atoms with van der Waals surface area (Å²) >= 11 is 1.41. The van der Waals surface area contributed by atoms with Crippen LogP contribution in [-0.2, 0) is 0 Å². The molecule has 0 saturated heterocycles. The van der Waals surface area contributed by atoms with Crippen LogP contribution < -0.4 is 5.32 Å². The molecule has 0 aromatic carbocycles. The topological polar surface area (TPSA) is 62.2 Å². The molecule has 2 rings (SSSR count). The highest BCUT2D eigenvalue weighted by Gasteiger charge is 2.39. The fourth-order valence-electron chi connectivity index (χ4n) is 2.23. The van der Waals surface area contributed by atoms with Crippen LogP contribution in [0.2, 0.25) is 0 Å². The van der Waals surface area contributed by atoms with E-state index in [9.17, 15) is 9.90 Å². The van der Waals surface area contributed by atoms with Gasteiger partial charge in [-0.15, -0.1) is 11.3 Å². The molecule has 0 spiro atoms. The highest BCUT2D eigenvalue weighted by Crippen LogP contribution is 2.37. The number of aromatic nitrogens is 1. The number of aliphatic hydroxyl groups is 1. The minimum Gasteiger partial charge on any atom is -0.396 e. The van der Waals surface area contributed by atoms with Gasteiger partial charge >= 0.3 is 0 Å². The van der Waals surface area contributed by atoms with Crippen molar-refractivity contribution in [1.29, 1.82) is 0 Å². The maximum Gasteiger partial charge on any atom is 0.270 e. The Kier molecular flexibility index (Phi) is 3.25. The van der Waals surface area contributed by atoms with Crippen LogP contribution >= 0.6 is 11.3 Å². The molecule has 16 heavy (non-hydrogen) atoms. The SMILES string of the molecule is CC1(CO)CCCC1NC(=O)c1cscn1. The summed E-state index contributed by atoms with van der Waals surface area (Å²) in [7, 11) is 0. The summed E-state index contributed by atoms with van der Waals surface area (Å²) in [4.78, 5) is 15.8. The lowest BCUT2D eigenvalue weighted by atomic mass is 9.86. The first kappa shape index (κ1) is 11.5. The molecule has 2 unspecified atom stereocenters. The smallest absolute Gasteiger partial charge is 0.270 e.